The molecule has 11 aromatic rings. The standard InChI is InChI=1S/C54H32N6O/c1-2-16-33(17-3-1)49-48(56-47-28-14-15-31-60(47)49)39-21-4-5-22-40(39)51-57-50(58-52(59-51)53-55-45-26-12-13-27-46(45)61-53)34-29-30-38-37-20-8-11-25-43(37)54(44(38)32-34)41-23-9-6-18-35(41)36-19-7-10-24-42(36)54/h1-32H. The first-order valence-corrected chi connectivity index (χ1v) is 20.4. The van der Waals surface area contributed by atoms with Crippen molar-refractivity contribution in [1.29, 1.82) is 0 Å². The Morgan fingerprint density at radius 1 is 0.393 bits per heavy atom. The van der Waals surface area contributed by atoms with Gasteiger partial charge in [0.1, 0.15) is 11.2 Å². The minimum atomic E-state index is -0.516. The Morgan fingerprint density at radius 2 is 0.967 bits per heavy atom. The van der Waals surface area contributed by atoms with E-state index in [4.69, 9.17) is 29.3 Å². The minimum absolute atomic E-state index is 0.324. The van der Waals surface area contributed by atoms with Crippen molar-refractivity contribution in [2.75, 3.05) is 0 Å². The Kier molecular flexibility index (Phi) is 7.09. The van der Waals surface area contributed by atoms with Crippen LogP contribution >= 0.6 is 0 Å². The monoisotopic (exact) mass is 780 g/mol. The Bertz CT molecular complexity index is 3470. The normalized spacial score (nSPS) is 13.0. The molecule has 4 aromatic heterocycles. The lowest BCUT2D eigenvalue weighted by Crippen LogP contribution is -2.25. The average molecular weight is 781 g/mol. The van der Waals surface area contributed by atoms with Crippen LogP contribution < -0.4 is 0 Å². The van der Waals surface area contributed by atoms with Gasteiger partial charge in [0.2, 0.25) is 5.82 Å². The number of rotatable bonds is 5. The van der Waals surface area contributed by atoms with Crippen molar-refractivity contribution >= 4 is 16.7 Å². The molecule has 0 saturated carbocycles. The Morgan fingerprint density at radius 3 is 1.69 bits per heavy atom. The van der Waals surface area contributed by atoms with Crippen molar-refractivity contribution in [3.8, 4) is 79.3 Å². The molecule has 0 bridgehead atoms. The van der Waals surface area contributed by atoms with E-state index in [2.05, 4.69) is 138 Å². The number of fused-ring (bicyclic) bond motifs is 12. The predicted molar refractivity (Wildman–Crippen MR) is 240 cm³/mol. The van der Waals surface area contributed by atoms with Crippen LogP contribution in [0.1, 0.15) is 22.3 Å². The smallest absolute Gasteiger partial charge is 0.266 e. The molecule has 2 aliphatic carbocycles. The molecule has 0 fully saturated rings. The third kappa shape index (κ3) is 4.83. The summed E-state index contributed by atoms with van der Waals surface area (Å²) in [4.78, 5) is 25.8. The highest BCUT2D eigenvalue weighted by molar-refractivity contribution is 5.96. The number of imidazole rings is 1. The molecule has 7 heteroatoms. The van der Waals surface area contributed by atoms with Gasteiger partial charge in [0.25, 0.3) is 5.89 Å². The zero-order chi connectivity index (χ0) is 40.1. The first-order valence-electron chi connectivity index (χ1n) is 20.4. The number of para-hydroxylation sites is 2. The number of aromatic nitrogens is 6. The van der Waals surface area contributed by atoms with Crippen LogP contribution in [0, 0.1) is 0 Å². The van der Waals surface area contributed by atoms with Gasteiger partial charge >= 0.3 is 0 Å². The lowest BCUT2D eigenvalue weighted by molar-refractivity contribution is 0.612. The molecular formula is C54H32N6O. The van der Waals surface area contributed by atoms with Crippen LogP contribution in [0.25, 0.3) is 96.0 Å². The number of benzene rings is 7. The summed E-state index contributed by atoms with van der Waals surface area (Å²) in [6.45, 7) is 0. The lowest BCUT2D eigenvalue weighted by Gasteiger charge is -2.30. The minimum Gasteiger partial charge on any atom is -0.434 e. The molecule has 0 amide bonds. The van der Waals surface area contributed by atoms with E-state index in [9.17, 15) is 0 Å². The number of pyridine rings is 1. The maximum atomic E-state index is 6.36. The van der Waals surface area contributed by atoms with Crippen LogP contribution in [-0.2, 0) is 5.41 Å². The second-order valence-corrected chi connectivity index (χ2v) is 15.6. The summed E-state index contributed by atoms with van der Waals surface area (Å²) in [5.41, 5.74) is 17.1. The highest BCUT2D eigenvalue weighted by Crippen LogP contribution is 2.63. The van der Waals surface area contributed by atoms with Crippen molar-refractivity contribution in [2.24, 2.45) is 0 Å². The Labute approximate surface area is 350 Å². The summed E-state index contributed by atoms with van der Waals surface area (Å²) in [6, 6.07) is 65.6. The molecule has 0 saturated heterocycles. The van der Waals surface area contributed by atoms with Gasteiger partial charge in [-0.1, -0.05) is 158 Å². The van der Waals surface area contributed by atoms with E-state index < -0.39 is 5.41 Å². The summed E-state index contributed by atoms with van der Waals surface area (Å²) < 4.78 is 8.50. The maximum Gasteiger partial charge on any atom is 0.266 e. The van der Waals surface area contributed by atoms with Gasteiger partial charge in [-0.3, -0.25) is 4.40 Å². The van der Waals surface area contributed by atoms with Crippen LogP contribution in [-0.4, -0.2) is 29.3 Å². The number of oxazole rings is 1. The first-order chi connectivity index (χ1) is 30.2. The van der Waals surface area contributed by atoms with Gasteiger partial charge in [-0.15, -0.1) is 0 Å². The lowest BCUT2D eigenvalue weighted by atomic mass is 9.70. The summed E-state index contributed by atoms with van der Waals surface area (Å²) in [5, 5.41) is 0. The van der Waals surface area contributed by atoms with Crippen molar-refractivity contribution in [3.05, 3.63) is 217 Å². The van der Waals surface area contributed by atoms with E-state index in [-0.39, 0.29) is 0 Å². The van der Waals surface area contributed by atoms with Crippen LogP contribution in [0.5, 0.6) is 0 Å². The largest absolute Gasteiger partial charge is 0.434 e. The van der Waals surface area contributed by atoms with E-state index in [1.54, 1.807) is 0 Å². The quantitative estimate of drug-likeness (QED) is 0.173. The first kappa shape index (κ1) is 33.7. The molecule has 13 rings (SSSR count). The molecule has 2 aliphatic rings. The zero-order valence-electron chi connectivity index (χ0n) is 32.6. The third-order valence-corrected chi connectivity index (χ3v) is 12.4. The van der Waals surface area contributed by atoms with Gasteiger partial charge in [-0.2, -0.15) is 0 Å². The van der Waals surface area contributed by atoms with Gasteiger partial charge < -0.3 is 4.42 Å². The number of hydrogen-bond donors (Lipinski definition) is 0. The molecule has 0 aliphatic heterocycles. The molecule has 284 valence electrons. The van der Waals surface area contributed by atoms with Crippen LogP contribution in [0.4, 0.5) is 0 Å². The van der Waals surface area contributed by atoms with Crippen molar-refractivity contribution in [1.82, 2.24) is 29.3 Å². The van der Waals surface area contributed by atoms with E-state index in [1.807, 2.05) is 60.7 Å². The second-order valence-electron chi connectivity index (χ2n) is 15.6. The fraction of sp³-hybridized carbons (Fsp3) is 0.0185. The van der Waals surface area contributed by atoms with Crippen molar-refractivity contribution in [2.45, 2.75) is 5.41 Å². The van der Waals surface area contributed by atoms with Gasteiger partial charge in [0, 0.05) is 28.5 Å². The third-order valence-electron chi connectivity index (χ3n) is 12.4. The molecule has 7 aromatic carbocycles. The van der Waals surface area contributed by atoms with E-state index in [0.717, 1.165) is 44.8 Å². The average Bonchev–Trinajstić information content (AvgIpc) is 4.09. The highest BCUT2D eigenvalue weighted by Gasteiger charge is 2.51. The van der Waals surface area contributed by atoms with Crippen LogP contribution in [0.3, 0.4) is 0 Å². The van der Waals surface area contributed by atoms with Gasteiger partial charge in [-0.25, -0.2) is 24.9 Å². The fourth-order valence-corrected chi connectivity index (χ4v) is 9.86. The Balaban J connectivity index is 1.06. The van der Waals surface area contributed by atoms with Gasteiger partial charge in [-0.05, 0) is 74.8 Å². The molecule has 0 unspecified atom stereocenters. The predicted octanol–water partition coefficient (Wildman–Crippen LogP) is 12.3. The van der Waals surface area contributed by atoms with Crippen LogP contribution in [0.15, 0.2) is 199 Å². The molecule has 7 nitrogen and oxygen atoms in total. The maximum absolute atomic E-state index is 6.36. The summed E-state index contributed by atoms with van der Waals surface area (Å²) >= 11 is 0. The molecule has 0 radical (unpaired) electrons. The summed E-state index contributed by atoms with van der Waals surface area (Å²) in [5.74, 6) is 1.68. The van der Waals surface area contributed by atoms with Crippen molar-refractivity contribution < 1.29 is 4.42 Å². The highest BCUT2D eigenvalue weighted by atomic mass is 16.3. The molecule has 0 N–H and O–H groups in total. The molecular weight excluding hydrogens is 749 g/mol. The van der Waals surface area contributed by atoms with E-state index >= 15 is 0 Å². The van der Waals surface area contributed by atoms with Gasteiger partial charge in [0.15, 0.2) is 17.2 Å². The van der Waals surface area contributed by atoms with E-state index in [1.165, 1.54) is 44.5 Å². The number of hydrogen-bond acceptors (Lipinski definition) is 6. The Hall–Kier alpha value is -8.29. The fourth-order valence-electron chi connectivity index (χ4n) is 9.86. The molecule has 1 spiro atoms. The topological polar surface area (TPSA) is 82.0 Å². The molecule has 4 heterocycles. The SMILES string of the molecule is c1ccc(-c2c(-c3ccccc3-c3nc(-c4ccc5c(c4)C4(c6ccccc6-c6ccccc64)c4ccccc4-5)nc(-c4nc5ccccc5o4)n3)nc3ccccn23)cc1. The van der Waals surface area contributed by atoms with Crippen molar-refractivity contribution in [3.63, 3.8) is 0 Å². The zero-order valence-corrected chi connectivity index (χ0v) is 32.6. The van der Waals surface area contributed by atoms with Crippen LogP contribution in [0.2, 0.25) is 0 Å². The number of nitrogens with zero attached hydrogens (tertiary/aromatic N) is 6. The molecule has 0 atom stereocenters. The second kappa shape index (κ2) is 12.9. The molecule has 61 heavy (non-hydrogen) atoms. The summed E-state index contributed by atoms with van der Waals surface area (Å²) in [7, 11) is 0. The van der Waals surface area contributed by atoms with E-state index in [0.29, 0.717) is 28.9 Å². The summed E-state index contributed by atoms with van der Waals surface area (Å²) in [6.07, 6.45) is 2.06. The van der Waals surface area contributed by atoms with Gasteiger partial charge in [0.05, 0.1) is 16.8 Å².